The smallest absolute Gasteiger partial charge is 0.252 e. The SMILES string of the molecule is O=c1cc(O)c2cnc(-c3cccc4cccc(Cl)c34)c(F)c2[nH]1. The van der Waals surface area contributed by atoms with Crippen molar-refractivity contribution in [3.63, 3.8) is 0 Å². The van der Waals surface area contributed by atoms with Gasteiger partial charge in [0.2, 0.25) is 0 Å². The summed E-state index contributed by atoms with van der Waals surface area (Å²) in [6, 6.07) is 11.8. The highest BCUT2D eigenvalue weighted by Gasteiger charge is 2.17. The van der Waals surface area contributed by atoms with Crippen molar-refractivity contribution < 1.29 is 9.50 Å². The number of fused-ring (bicyclic) bond motifs is 2. The monoisotopic (exact) mass is 340 g/mol. The van der Waals surface area contributed by atoms with Gasteiger partial charge in [0, 0.05) is 28.2 Å². The van der Waals surface area contributed by atoms with Crippen LogP contribution in [-0.4, -0.2) is 15.1 Å². The molecule has 0 amide bonds. The number of hydrogen-bond acceptors (Lipinski definition) is 3. The molecule has 0 saturated heterocycles. The van der Waals surface area contributed by atoms with Gasteiger partial charge >= 0.3 is 0 Å². The van der Waals surface area contributed by atoms with Crippen molar-refractivity contribution in [1.82, 2.24) is 9.97 Å². The lowest BCUT2D eigenvalue weighted by Crippen LogP contribution is -2.05. The van der Waals surface area contributed by atoms with Crippen LogP contribution < -0.4 is 5.56 Å². The van der Waals surface area contributed by atoms with E-state index in [-0.39, 0.29) is 22.3 Å². The Morgan fingerprint density at radius 1 is 1.17 bits per heavy atom. The van der Waals surface area contributed by atoms with E-state index in [1.165, 1.54) is 6.20 Å². The number of aromatic hydroxyl groups is 1. The third-order valence-corrected chi connectivity index (χ3v) is 4.24. The first kappa shape index (κ1) is 14.7. The largest absolute Gasteiger partial charge is 0.507 e. The lowest BCUT2D eigenvalue weighted by molar-refractivity contribution is 0.480. The van der Waals surface area contributed by atoms with E-state index in [1.54, 1.807) is 18.2 Å². The Labute approximate surface area is 140 Å². The van der Waals surface area contributed by atoms with Crippen molar-refractivity contribution in [3.05, 3.63) is 69.9 Å². The van der Waals surface area contributed by atoms with Crippen LogP contribution in [0.1, 0.15) is 0 Å². The van der Waals surface area contributed by atoms with Gasteiger partial charge in [-0.2, -0.15) is 0 Å². The van der Waals surface area contributed by atoms with Crippen molar-refractivity contribution in [2.45, 2.75) is 0 Å². The first-order chi connectivity index (χ1) is 11.6. The number of H-pyrrole nitrogens is 1. The summed E-state index contributed by atoms with van der Waals surface area (Å²) < 4.78 is 15.0. The Hall–Kier alpha value is -2.92. The summed E-state index contributed by atoms with van der Waals surface area (Å²) in [5, 5.41) is 12.0. The molecule has 0 aliphatic heterocycles. The molecular formula is C18H10ClFN2O2. The molecule has 0 aliphatic rings. The topological polar surface area (TPSA) is 66.0 Å². The van der Waals surface area contributed by atoms with Crippen molar-refractivity contribution in [3.8, 4) is 17.0 Å². The van der Waals surface area contributed by atoms with Gasteiger partial charge in [-0.05, 0) is 11.5 Å². The van der Waals surface area contributed by atoms with Crippen LogP contribution in [0.3, 0.4) is 0 Å². The number of hydrogen-bond donors (Lipinski definition) is 2. The van der Waals surface area contributed by atoms with Crippen LogP contribution in [0.5, 0.6) is 5.75 Å². The number of aromatic amines is 1. The molecule has 0 fully saturated rings. The molecule has 4 nitrogen and oxygen atoms in total. The lowest BCUT2D eigenvalue weighted by Gasteiger charge is -2.10. The van der Waals surface area contributed by atoms with Gasteiger partial charge < -0.3 is 10.1 Å². The fourth-order valence-electron chi connectivity index (χ4n) is 2.84. The molecule has 4 aromatic rings. The molecule has 0 saturated carbocycles. The maximum absolute atomic E-state index is 15.0. The number of aromatic nitrogens is 2. The minimum absolute atomic E-state index is 0.0578. The zero-order valence-electron chi connectivity index (χ0n) is 12.2. The first-order valence-corrected chi connectivity index (χ1v) is 7.52. The van der Waals surface area contributed by atoms with Gasteiger partial charge in [0.15, 0.2) is 5.82 Å². The summed E-state index contributed by atoms with van der Waals surface area (Å²) in [5.41, 5.74) is -0.106. The Bertz CT molecular complexity index is 1170. The molecule has 0 radical (unpaired) electrons. The van der Waals surface area contributed by atoms with Crippen molar-refractivity contribution in [2.24, 2.45) is 0 Å². The third-order valence-electron chi connectivity index (χ3n) is 3.92. The van der Waals surface area contributed by atoms with Crippen LogP contribution in [-0.2, 0) is 0 Å². The molecule has 0 bridgehead atoms. The predicted octanol–water partition coefficient (Wildman–Crippen LogP) is 4.24. The van der Waals surface area contributed by atoms with E-state index >= 15 is 0 Å². The van der Waals surface area contributed by atoms with E-state index in [9.17, 15) is 14.3 Å². The van der Waals surface area contributed by atoms with Gasteiger partial charge in [0.05, 0.1) is 10.9 Å². The maximum Gasteiger partial charge on any atom is 0.252 e. The van der Waals surface area contributed by atoms with Gasteiger partial charge in [-0.15, -0.1) is 0 Å². The molecule has 0 atom stereocenters. The number of halogens is 2. The number of pyridine rings is 2. The second kappa shape index (κ2) is 5.32. The molecule has 0 aliphatic carbocycles. The quantitative estimate of drug-likeness (QED) is 0.544. The molecule has 4 rings (SSSR count). The summed E-state index contributed by atoms with van der Waals surface area (Å²) in [6.45, 7) is 0. The Balaban J connectivity index is 2.12. The standard InChI is InChI=1S/C18H10ClFN2O2/c19-12-6-2-4-9-3-1-5-10(15(9)12)17-16(20)18-11(8-21-17)13(23)7-14(24)22-18/h1-8H,(H2,22,23,24). The van der Waals surface area contributed by atoms with Crippen LogP contribution in [0.25, 0.3) is 32.9 Å². The van der Waals surface area contributed by atoms with Crippen molar-refractivity contribution in [2.75, 3.05) is 0 Å². The van der Waals surface area contributed by atoms with Gasteiger partial charge in [0.1, 0.15) is 11.4 Å². The molecule has 2 aromatic heterocycles. The van der Waals surface area contributed by atoms with Crippen LogP contribution in [0.4, 0.5) is 4.39 Å². The van der Waals surface area contributed by atoms with E-state index in [4.69, 9.17) is 11.6 Å². The highest BCUT2D eigenvalue weighted by Crippen LogP contribution is 2.36. The van der Waals surface area contributed by atoms with Gasteiger partial charge in [0.25, 0.3) is 5.56 Å². The Morgan fingerprint density at radius 2 is 1.92 bits per heavy atom. The normalized spacial score (nSPS) is 11.2. The van der Waals surface area contributed by atoms with E-state index in [2.05, 4.69) is 9.97 Å². The zero-order chi connectivity index (χ0) is 16.8. The summed E-state index contributed by atoms with van der Waals surface area (Å²) in [5.74, 6) is -1.03. The lowest BCUT2D eigenvalue weighted by atomic mass is 10.0. The third kappa shape index (κ3) is 2.13. The summed E-state index contributed by atoms with van der Waals surface area (Å²) in [6.07, 6.45) is 1.33. The maximum atomic E-state index is 15.0. The second-order valence-corrected chi connectivity index (χ2v) is 5.78. The van der Waals surface area contributed by atoms with Crippen LogP contribution in [0, 0.1) is 5.82 Å². The first-order valence-electron chi connectivity index (χ1n) is 7.14. The molecule has 6 heteroatoms. The molecule has 118 valence electrons. The average molecular weight is 341 g/mol. The summed E-state index contributed by atoms with van der Waals surface area (Å²) in [4.78, 5) is 18.1. The highest BCUT2D eigenvalue weighted by atomic mass is 35.5. The average Bonchev–Trinajstić information content (AvgIpc) is 2.56. The molecular weight excluding hydrogens is 331 g/mol. The number of nitrogens with zero attached hydrogens (tertiary/aromatic N) is 1. The predicted molar refractivity (Wildman–Crippen MR) is 91.9 cm³/mol. The molecule has 0 unspecified atom stereocenters. The molecule has 2 heterocycles. The zero-order valence-corrected chi connectivity index (χ0v) is 12.9. The van der Waals surface area contributed by atoms with Gasteiger partial charge in [-0.1, -0.05) is 41.9 Å². The number of benzene rings is 2. The van der Waals surface area contributed by atoms with Gasteiger partial charge in [-0.25, -0.2) is 4.39 Å². The molecule has 2 N–H and O–H groups in total. The Morgan fingerprint density at radius 3 is 2.71 bits per heavy atom. The van der Waals surface area contributed by atoms with Crippen molar-refractivity contribution >= 4 is 33.3 Å². The van der Waals surface area contributed by atoms with Crippen LogP contribution >= 0.6 is 11.6 Å². The number of rotatable bonds is 1. The summed E-state index contributed by atoms with van der Waals surface area (Å²) in [7, 11) is 0. The fourth-order valence-corrected chi connectivity index (χ4v) is 3.13. The Kier molecular flexibility index (Phi) is 3.25. The molecule has 24 heavy (non-hydrogen) atoms. The minimum Gasteiger partial charge on any atom is -0.507 e. The fraction of sp³-hybridized carbons (Fsp3) is 0. The van der Waals surface area contributed by atoms with Crippen LogP contribution in [0.15, 0.2) is 53.5 Å². The second-order valence-electron chi connectivity index (χ2n) is 5.37. The van der Waals surface area contributed by atoms with E-state index in [0.717, 1.165) is 11.5 Å². The minimum atomic E-state index is -0.715. The number of nitrogens with one attached hydrogen (secondary N) is 1. The van der Waals surface area contributed by atoms with E-state index in [1.807, 2.05) is 18.2 Å². The summed E-state index contributed by atoms with van der Waals surface area (Å²) >= 11 is 6.29. The van der Waals surface area contributed by atoms with Crippen LogP contribution in [0.2, 0.25) is 5.02 Å². The molecule has 0 spiro atoms. The molecule has 2 aromatic carbocycles. The van der Waals surface area contributed by atoms with E-state index in [0.29, 0.717) is 16.0 Å². The van der Waals surface area contributed by atoms with E-state index < -0.39 is 11.4 Å². The highest BCUT2D eigenvalue weighted by molar-refractivity contribution is 6.36. The van der Waals surface area contributed by atoms with Gasteiger partial charge in [-0.3, -0.25) is 9.78 Å². The van der Waals surface area contributed by atoms with Crippen molar-refractivity contribution in [1.29, 1.82) is 0 Å².